The lowest BCUT2D eigenvalue weighted by molar-refractivity contribution is 0.189. The van der Waals surface area contributed by atoms with Crippen LogP contribution in [0, 0.1) is 18.6 Å². The van der Waals surface area contributed by atoms with Crippen molar-refractivity contribution in [1.82, 2.24) is 5.32 Å². The molecule has 0 aliphatic heterocycles. The summed E-state index contributed by atoms with van der Waals surface area (Å²) in [6, 6.07) is 3.07. The second-order valence-corrected chi connectivity index (χ2v) is 4.08. The van der Waals surface area contributed by atoms with Gasteiger partial charge in [0.25, 0.3) is 0 Å². The fourth-order valence-corrected chi connectivity index (χ4v) is 1.82. The van der Waals surface area contributed by atoms with Gasteiger partial charge in [0, 0.05) is 25.3 Å². The maximum absolute atomic E-state index is 13.8. The molecule has 0 saturated carbocycles. The van der Waals surface area contributed by atoms with Crippen molar-refractivity contribution < 1.29 is 13.5 Å². The number of hydrogen-bond donors (Lipinski definition) is 1. The Kier molecular flexibility index (Phi) is 5.51. The highest BCUT2D eigenvalue weighted by molar-refractivity contribution is 5.27. The summed E-state index contributed by atoms with van der Waals surface area (Å²) in [5.41, 5.74) is 0.713. The van der Waals surface area contributed by atoms with Crippen LogP contribution in [0.2, 0.25) is 0 Å². The van der Waals surface area contributed by atoms with Gasteiger partial charge in [-0.3, -0.25) is 0 Å². The molecule has 0 fully saturated rings. The number of aryl methyl sites for hydroxylation is 1. The van der Waals surface area contributed by atoms with Gasteiger partial charge in [-0.25, -0.2) is 8.78 Å². The summed E-state index contributed by atoms with van der Waals surface area (Å²) in [6.45, 7) is 2.18. The first-order valence-electron chi connectivity index (χ1n) is 5.72. The van der Waals surface area contributed by atoms with Crippen LogP contribution in [0.1, 0.15) is 30.0 Å². The summed E-state index contributed by atoms with van der Waals surface area (Å²) in [5, 5.41) is 3.00. The molecule has 0 aliphatic rings. The number of ether oxygens (including phenoxy) is 1. The van der Waals surface area contributed by atoms with Crippen LogP contribution < -0.4 is 5.32 Å². The molecule has 1 aromatic rings. The van der Waals surface area contributed by atoms with Crippen molar-refractivity contribution in [2.75, 3.05) is 20.8 Å². The molecule has 2 nitrogen and oxygen atoms in total. The second kappa shape index (κ2) is 6.67. The van der Waals surface area contributed by atoms with E-state index in [4.69, 9.17) is 4.74 Å². The Morgan fingerprint density at radius 3 is 2.59 bits per heavy atom. The van der Waals surface area contributed by atoms with Gasteiger partial charge in [0.2, 0.25) is 0 Å². The Balaban J connectivity index is 2.85. The fraction of sp³-hybridized carbons (Fsp3) is 0.538. The fourth-order valence-electron chi connectivity index (χ4n) is 1.82. The SMILES string of the molecule is CNC(CCCOC)c1ccc(C)c(F)c1F. The number of halogens is 2. The molecule has 1 atom stereocenters. The molecule has 1 N–H and O–H groups in total. The molecule has 0 aromatic heterocycles. The molecule has 0 saturated heterocycles. The maximum Gasteiger partial charge on any atom is 0.163 e. The monoisotopic (exact) mass is 243 g/mol. The van der Waals surface area contributed by atoms with Crippen LogP contribution in [0.4, 0.5) is 8.78 Å². The first-order valence-corrected chi connectivity index (χ1v) is 5.72. The molecule has 4 heteroatoms. The number of nitrogens with one attached hydrogen (secondary N) is 1. The summed E-state index contributed by atoms with van der Waals surface area (Å²) < 4.78 is 32.2. The van der Waals surface area contributed by atoms with E-state index in [-0.39, 0.29) is 6.04 Å². The molecule has 1 unspecified atom stereocenters. The summed E-state index contributed by atoms with van der Waals surface area (Å²) in [4.78, 5) is 0. The van der Waals surface area contributed by atoms with Crippen molar-refractivity contribution in [2.45, 2.75) is 25.8 Å². The molecule has 17 heavy (non-hydrogen) atoms. The molecule has 0 heterocycles. The summed E-state index contributed by atoms with van der Waals surface area (Å²) in [5.74, 6) is -1.50. The van der Waals surface area contributed by atoms with Gasteiger partial charge in [-0.15, -0.1) is 0 Å². The number of rotatable bonds is 6. The normalized spacial score (nSPS) is 12.8. The third-order valence-electron chi connectivity index (χ3n) is 2.87. The van der Waals surface area contributed by atoms with Crippen molar-refractivity contribution >= 4 is 0 Å². The quantitative estimate of drug-likeness (QED) is 0.776. The maximum atomic E-state index is 13.8. The van der Waals surface area contributed by atoms with E-state index in [2.05, 4.69) is 5.32 Å². The van der Waals surface area contributed by atoms with Gasteiger partial charge in [0.15, 0.2) is 11.6 Å². The lowest BCUT2D eigenvalue weighted by atomic mass is 10.00. The van der Waals surface area contributed by atoms with E-state index in [9.17, 15) is 8.78 Å². The smallest absolute Gasteiger partial charge is 0.163 e. The van der Waals surface area contributed by atoms with E-state index in [1.165, 1.54) is 0 Å². The molecule has 96 valence electrons. The van der Waals surface area contributed by atoms with E-state index in [0.29, 0.717) is 24.2 Å². The molecule has 1 aromatic carbocycles. The Morgan fingerprint density at radius 2 is 2.00 bits per heavy atom. The van der Waals surface area contributed by atoms with Crippen molar-refractivity contribution in [1.29, 1.82) is 0 Å². The molecule has 0 radical (unpaired) electrons. The lowest BCUT2D eigenvalue weighted by Gasteiger charge is -2.18. The van der Waals surface area contributed by atoms with Crippen molar-refractivity contribution in [3.05, 3.63) is 34.9 Å². The van der Waals surface area contributed by atoms with Crippen molar-refractivity contribution in [3.8, 4) is 0 Å². The van der Waals surface area contributed by atoms with E-state index in [1.807, 2.05) is 0 Å². The van der Waals surface area contributed by atoms with Crippen molar-refractivity contribution in [2.24, 2.45) is 0 Å². The minimum Gasteiger partial charge on any atom is -0.385 e. The average Bonchev–Trinajstić information content (AvgIpc) is 2.33. The summed E-state index contributed by atoms with van der Waals surface area (Å²) >= 11 is 0. The Morgan fingerprint density at radius 1 is 1.29 bits per heavy atom. The highest BCUT2D eigenvalue weighted by Crippen LogP contribution is 2.24. The Bertz CT molecular complexity index is 369. The third kappa shape index (κ3) is 3.48. The van der Waals surface area contributed by atoms with Crippen LogP contribution in [0.25, 0.3) is 0 Å². The van der Waals surface area contributed by atoms with Crippen LogP contribution >= 0.6 is 0 Å². The zero-order valence-corrected chi connectivity index (χ0v) is 10.5. The van der Waals surface area contributed by atoms with Gasteiger partial charge < -0.3 is 10.1 Å². The zero-order valence-electron chi connectivity index (χ0n) is 10.5. The molecule has 0 bridgehead atoms. The van der Waals surface area contributed by atoms with Crippen LogP contribution in [0.3, 0.4) is 0 Å². The molecule has 1 rings (SSSR count). The van der Waals surface area contributed by atoms with Crippen LogP contribution in [0.5, 0.6) is 0 Å². The highest BCUT2D eigenvalue weighted by atomic mass is 19.2. The number of hydrogen-bond acceptors (Lipinski definition) is 2. The number of benzene rings is 1. The van der Waals surface area contributed by atoms with E-state index in [1.54, 1.807) is 33.2 Å². The van der Waals surface area contributed by atoms with Crippen LogP contribution in [-0.2, 0) is 4.74 Å². The van der Waals surface area contributed by atoms with Gasteiger partial charge in [-0.05, 0) is 32.4 Å². The van der Waals surface area contributed by atoms with Gasteiger partial charge in [-0.1, -0.05) is 12.1 Å². The topological polar surface area (TPSA) is 21.3 Å². The number of methoxy groups -OCH3 is 1. The van der Waals surface area contributed by atoms with E-state index < -0.39 is 11.6 Å². The average molecular weight is 243 g/mol. The van der Waals surface area contributed by atoms with Gasteiger partial charge in [0.1, 0.15) is 0 Å². The van der Waals surface area contributed by atoms with E-state index in [0.717, 1.165) is 6.42 Å². The van der Waals surface area contributed by atoms with E-state index >= 15 is 0 Å². The van der Waals surface area contributed by atoms with Crippen LogP contribution in [-0.4, -0.2) is 20.8 Å². The van der Waals surface area contributed by atoms with Crippen molar-refractivity contribution in [3.63, 3.8) is 0 Å². The van der Waals surface area contributed by atoms with Gasteiger partial charge >= 0.3 is 0 Å². The third-order valence-corrected chi connectivity index (χ3v) is 2.87. The predicted molar refractivity (Wildman–Crippen MR) is 64.0 cm³/mol. The molecule has 0 amide bonds. The highest BCUT2D eigenvalue weighted by Gasteiger charge is 2.17. The molecule has 0 spiro atoms. The first kappa shape index (κ1) is 14.1. The minimum atomic E-state index is -0.755. The summed E-state index contributed by atoms with van der Waals surface area (Å²) in [6.07, 6.45) is 1.51. The zero-order chi connectivity index (χ0) is 12.8. The minimum absolute atomic E-state index is 0.180. The molecular weight excluding hydrogens is 224 g/mol. The predicted octanol–water partition coefficient (Wildman–Crippen LogP) is 2.96. The van der Waals surface area contributed by atoms with Gasteiger partial charge in [-0.2, -0.15) is 0 Å². The molecular formula is C13H19F2NO. The Hall–Kier alpha value is -1.00. The van der Waals surface area contributed by atoms with Crippen LogP contribution in [0.15, 0.2) is 12.1 Å². The largest absolute Gasteiger partial charge is 0.385 e. The summed E-state index contributed by atoms with van der Waals surface area (Å²) in [7, 11) is 3.37. The van der Waals surface area contributed by atoms with Gasteiger partial charge in [0.05, 0.1) is 0 Å². The Labute approximate surface area is 101 Å². The lowest BCUT2D eigenvalue weighted by Crippen LogP contribution is -2.19. The first-order chi connectivity index (χ1) is 8.11. The second-order valence-electron chi connectivity index (χ2n) is 4.08. The molecule has 0 aliphatic carbocycles. The standard InChI is InChI=1S/C13H19F2NO/c1-9-6-7-10(13(15)12(9)14)11(16-2)5-4-8-17-3/h6-7,11,16H,4-5,8H2,1-3H3.